The van der Waals surface area contributed by atoms with Gasteiger partial charge in [0.1, 0.15) is 0 Å². The van der Waals surface area contributed by atoms with Gasteiger partial charge in [-0.15, -0.1) is 0 Å². The number of nitrogens with one attached hydrogen (secondary N) is 1. The van der Waals surface area contributed by atoms with Gasteiger partial charge >= 0.3 is 13.6 Å². The minimum atomic E-state index is -3.84. The molecule has 0 amide bonds. The molecule has 0 aliphatic heterocycles. The number of ether oxygens (including phenoxy) is 1. The number of carbonyl (C=O) groups excluding carboxylic acids is 1. The van der Waals surface area contributed by atoms with Gasteiger partial charge in [0.2, 0.25) is 0 Å². The van der Waals surface area contributed by atoms with Crippen LogP contribution in [0.2, 0.25) is 0 Å². The molecule has 0 radical (unpaired) electrons. The van der Waals surface area contributed by atoms with Crippen molar-refractivity contribution in [1.82, 2.24) is 9.55 Å². The third-order valence-corrected chi connectivity index (χ3v) is 5.55. The van der Waals surface area contributed by atoms with Crippen molar-refractivity contribution in [3.05, 3.63) is 34.4 Å². The standard InChI is InChI=1S/C15H19N2O5PS/c1-4-21-23(19,22-5-2)13(14(18)20-3)10-17-12-9-7-6-8-11(12)16-15(17)24/h6-10H,4-5H2,1-3H3,(H,16,24)/b13-10+. The molecule has 2 rings (SSSR count). The molecule has 0 aliphatic rings. The summed E-state index contributed by atoms with van der Waals surface area (Å²) in [5.41, 5.74) is 1.51. The number of hydrogen-bond acceptors (Lipinski definition) is 6. The number of carbonyl (C=O) groups is 1. The highest BCUT2D eigenvalue weighted by Gasteiger charge is 2.36. The van der Waals surface area contributed by atoms with Crippen molar-refractivity contribution in [2.24, 2.45) is 0 Å². The van der Waals surface area contributed by atoms with Crippen LogP contribution in [-0.2, 0) is 23.1 Å². The number of nitrogens with zero attached hydrogens (tertiary/aromatic N) is 1. The Hall–Kier alpha value is -1.73. The molecule has 2 aromatic rings. The van der Waals surface area contributed by atoms with Crippen molar-refractivity contribution in [3.8, 4) is 0 Å². The Morgan fingerprint density at radius 2 is 1.92 bits per heavy atom. The van der Waals surface area contributed by atoms with Crippen LogP contribution in [0.5, 0.6) is 0 Å². The van der Waals surface area contributed by atoms with Gasteiger partial charge in [-0.3, -0.25) is 9.13 Å². The van der Waals surface area contributed by atoms with Gasteiger partial charge in [0.25, 0.3) is 0 Å². The second-order valence-electron chi connectivity index (χ2n) is 4.66. The van der Waals surface area contributed by atoms with Crippen molar-refractivity contribution in [2.45, 2.75) is 13.8 Å². The summed E-state index contributed by atoms with van der Waals surface area (Å²) in [6.45, 7) is 3.56. The number of hydrogen-bond donors (Lipinski definition) is 1. The first-order valence-corrected chi connectivity index (χ1v) is 9.31. The average Bonchev–Trinajstić information content (AvgIpc) is 2.87. The number of aromatic amines is 1. The lowest BCUT2D eigenvalue weighted by Gasteiger charge is -2.18. The molecule has 130 valence electrons. The molecule has 9 heteroatoms. The minimum Gasteiger partial charge on any atom is -0.465 e. The first kappa shape index (κ1) is 18.6. The first-order valence-electron chi connectivity index (χ1n) is 7.35. The fourth-order valence-electron chi connectivity index (χ4n) is 2.18. The number of rotatable bonds is 7. The van der Waals surface area contributed by atoms with Crippen LogP contribution in [0.1, 0.15) is 13.8 Å². The monoisotopic (exact) mass is 370 g/mol. The Kier molecular flexibility index (Phi) is 6.12. The quantitative estimate of drug-likeness (QED) is 0.344. The van der Waals surface area contributed by atoms with Gasteiger partial charge in [0, 0.05) is 6.20 Å². The predicted octanol–water partition coefficient (Wildman–Crippen LogP) is 3.94. The second-order valence-corrected chi connectivity index (χ2v) is 7.04. The molecule has 0 spiro atoms. The predicted molar refractivity (Wildman–Crippen MR) is 94.3 cm³/mol. The van der Waals surface area contributed by atoms with Gasteiger partial charge in [0.15, 0.2) is 10.1 Å². The minimum absolute atomic E-state index is 0.116. The van der Waals surface area contributed by atoms with Crippen molar-refractivity contribution in [1.29, 1.82) is 0 Å². The third kappa shape index (κ3) is 3.67. The Bertz CT molecular complexity index is 860. The van der Waals surface area contributed by atoms with Gasteiger partial charge in [-0.05, 0) is 38.2 Å². The summed E-state index contributed by atoms with van der Waals surface area (Å²) < 4.78 is 30.2. The lowest BCUT2D eigenvalue weighted by molar-refractivity contribution is -0.135. The summed E-state index contributed by atoms with van der Waals surface area (Å²) in [6, 6.07) is 7.35. The number of imidazole rings is 1. The van der Waals surface area contributed by atoms with Gasteiger partial charge in [-0.2, -0.15) is 0 Å². The van der Waals surface area contributed by atoms with Gasteiger partial charge < -0.3 is 18.8 Å². The molecule has 1 aromatic carbocycles. The Morgan fingerprint density at radius 3 is 2.50 bits per heavy atom. The molecule has 0 aliphatic carbocycles. The maximum absolute atomic E-state index is 13.0. The number of H-pyrrole nitrogens is 1. The van der Waals surface area contributed by atoms with Crippen LogP contribution in [-0.4, -0.2) is 35.8 Å². The fourth-order valence-corrected chi connectivity index (χ4v) is 4.05. The summed E-state index contributed by atoms with van der Waals surface area (Å²) in [4.78, 5) is 15.2. The highest BCUT2D eigenvalue weighted by atomic mass is 32.1. The molecular formula is C15H19N2O5PS. The normalized spacial score (nSPS) is 12.5. The van der Waals surface area contributed by atoms with E-state index in [9.17, 15) is 9.36 Å². The van der Waals surface area contributed by atoms with E-state index in [4.69, 9.17) is 26.0 Å². The molecule has 0 saturated carbocycles. The molecule has 1 N–H and O–H groups in total. The van der Waals surface area contributed by atoms with E-state index in [2.05, 4.69) is 4.98 Å². The van der Waals surface area contributed by atoms with E-state index in [0.29, 0.717) is 4.77 Å². The van der Waals surface area contributed by atoms with Crippen LogP contribution in [0.4, 0.5) is 0 Å². The van der Waals surface area contributed by atoms with E-state index in [1.165, 1.54) is 13.3 Å². The zero-order valence-electron chi connectivity index (χ0n) is 13.6. The number of esters is 1. The zero-order valence-corrected chi connectivity index (χ0v) is 15.4. The van der Waals surface area contributed by atoms with E-state index in [0.717, 1.165) is 11.0 Å². The molecule has 0 fully saturated rings. The maximum Gasteiger partial charge on any atom is 0.370 e. The van der Waals surface area contributed by atoms with E-state index in [-0.39, 0.29) is 18.5 Å². The van der Waals surface area contributed by atoms with Gasteiger partial charge in [-0.1, -0.05) is 12.1 Å². The van der Waals surface area contributed by atoms with Crippen molar-refractivity contribution in [2.75, 3.05) is 20.3 Å². The highest BCUT2D eigenvalue weighted by molar-refractivity contribution is 7.71. The fraction of sp³-hybridized carbons (Fsp3) is 0.333. The molecule has 7 nitrogen and oxygen atoms in total. The van der Waals surface area contributed by atoms with E-state index < -0.39 is 13.6 Å². The van der Waals surface area contributed by atoms with Crippen molar-refractivity contribution < 1.29 is 23.1 Å². The van der Waals surface area contributed by atoms with Crippen LogP contribution in [0.25, 0.3) is 17.2 Å². The Morgan fingerprint density at radius 1 is 1.29 bits per heavy atom. The SMILES string of the molecule is CCOP(=O)(OCC)/C(=C/n1c(=S)[nH]c2ccccc21)C(=O)OC. The van der Waals surface area contributed by atoms with Crippen LogP contribution in [0, 0.1) is 4.77 Å². The third-order valence-electron chi connectivity index (χ3n) is 3.16. The highest BCUT2D eigenvalue weighted by Crippen LogP contribution is 2.56. The van der Waals surface area contributed by atoms with Crippen LogP contribution < -0.4 is 0 Å². The largest absolute Gasteiger partial charge is 0.465 e. The van der Waals surface area contributed by atoms with E-state index in [1.54, 1.807) is 18.4 Å². The molecular weight excluding hydrogens is 351 g/mol. The van der Waals surface area contributed by atoms with Crippen LogP contribution in [0.15, 0.2) is 29.6 Å². The lowest BCUT2D eigenvalue weighted by atomic mass is 10.3. The zero-order chi connectivity index (χ0) is 17.7. The lowest BCUT2D eigenvalue weighted by Crippen LogP contribution is -2.11. The molecule has 0 bridgehead atoms. The summed E-state index contributed by atoms with van der Waals surface area (Å²) in [6.07, 6.45) is 1.35. The van der Waals surface area contributed by atoms with Gasteiger partial charge in [0.05, 0.1) is 31.4 Å². The number of fused-ring (bicyclic) bond motifs is 1. The maximum atomic E-state index is 13.0. The Balaban J connectivity index is 2.69. The summed E-state index contributed by atoms with van der Waals surface area (Å²) in [7, 11) is -2.63. The average molecular weight is 370 g/mol. The smallest absolute Gasteiger partial charge is 0.370 e. The summed E-state index contributed by atoms with van der Waals surface area (Å²) in [5.74, 6) is -0.799. The van der Waals surface area contributed by atoms with Crippen LogP contribution in [0.3, 0.4) is 0 Å². The Labute approximate surface area is 144 Å². The van der Waals surface area contributed by atoms with Gasteiger partial charge in [-0.25, -0.2) is 4.79 Å². The number of methoxy groups -OCH3 is 1. The van der Waals surface area contributed by atoms with Crippen molar-refractivity contribution >= 4 is 43.0 Å². The molecule has 0 saturated heterocycles. The molecule has 0 unspecified atom stereocenters. The van der Waals surface area contributed by atoms with Crippen LogP contribution >= 0.6 is 19.8 Å². The summed E-state index contributed by atoms with van der Waals surface area (Å²) in [5, 5.41) is -0.213. The van der Waals surface area contributed by atoms with Crippen molar-refractivity contribution in [3.63, 3.8) is 0 Å². The van der Waals surface area contributed by atoms with E-state index in [1.807, 2.05) is 24.3 Å². The molecule has 24 heavy (non-hydrogen) atoms. The first-order chi connectivity index (χ1) is 11.5. The second kappa shape index (κ2) is 7.90. The number of benzene rings is 1. The topological polar surface area (TPSA) is 82.5 Å². The van der Waals surface area contributed by atoms with E-state index >= 15 is 0 Å². The number of para-hydroxylation sites is 2. The molecule has 1 aromatic heterocycles. The number of aromatic nitrogens is 2. The molecule has 0 atom stereocenters. The molecule has 1 heterocycles. The summed E-state index contributed by atoms with van der Waals surface area (Å²) >= 11 is 5.29.